The fourth-order valence-corrected chi connectivity index (χ4v) is 2.45. The second-order valence-electron chi connectivity index (χ2n) is 6.00. The predicted molar refractivity (Wildman–Crippen MR) is 82.8 cm³/mol. The van der Waals surface area contributed by atoms with E-state index < -0.39 is 0 Å². The second kappa shape index (κ2) is 6.14. The third kappa shape index (κ3) is 3.42. The zero-order valence-corrected chi connectivity index (χ0v) is 12.2. The Kier molecular flexibility index (Phi) is 4.50. The van der Waals surface area contributed by atoms with Crippen molar-refractivity contribution in [1.82, 2.24) is 4.98 Å². The lowest BCUT2D eigenvalue weighted by Crippen LogP contribution is -2.18. The van der Waals surface area contributed by atoms with Gasteiger partial charge in [-0.15, -0.1) is 0 Å². The highest BCUT2D eigenvalue weighted by molar-refractivity contribution is 6.07. The van der Waals surface area contributed by atoms with Gasteiger partial charge in [-0.25, -0.2) is 0 Å². The molecule has 0 amide bonds. The van der Waals surface area contributed by atoms with Crippen LogP contribution in [0.3, 0.4) is 0 Å². The monoisotopic (exact) mass is 270 g/mol. The normalized spacial score (nSPS) is 11.8. The maximum absolute atomic E-state index is 12.5. The summed E-state index contributed by atoms with van der Waals surface area (Å²) in [6, 6.07) is 9.55. The number of ketones is 1. The van der Waals surface area contributed by atoms with Crippen LogP contribution in [0.1, 0.15) is 43.5 Å². The van der Waals surface area contributed by atoms with Crippen LogP contribution in [0, 0.1) is 5.41 Å². The van der Waals surface area contributed by atoms with Crippen molar-refractivity contribution in [3.8, 4) is 0 Å². The number of hydrogen-bond acceptors (Lipinski definition) is 3. The fourth-order valence-electron chi connectivity index (χ4n) is 2.45. The van der Waals surface area contributed by atoms with Crippen molar-refractivity contribution >= 4 is 16.7 Å². The second-order valence-corrected chi connectivity index (χ2v) is 6.00. The molecule has 0 unspecified atom stereocenters. The van der Waals surface area contributed by atoms with Crippen molar-refractivity contribution in [3.05, 3.63) is 42.1 Å². The maximum Gasteiger partial charge on any atom is 0.163 e. The Hall–Kier alpha value is -1.74. The smallest absolute Gasteiger partial charge is 0.163 e. The summed E-state index contributed by atoms with van der Waals surface area (Å²) in [7, 11) is 0. The molecule has 0 fully saturated rings. The first-order valence-electron chi connectivity index (χ1n) is 7.10. The fraction of sp³-hybridized carbons (Fsp3) is 0.412. The van der Waals surface area contributed by atoms with E-state index in [4.69, 9.17) is 5.73 Å². The first-order valence-corrected chi connectivity index (χ1v) is 7.10. The molecule has 2 aromatic rings. The number of carbonyl (C=O) groups excluding carboxylic acids is 1. The summed E-state index contributed by atoms with van der Waals surface area (Å²) in [5.41, 5.74) is 7.38. The van der Waals surface area contributed by atoms with Crippen LogP contribution in [0.4, 0.5) is 0 Å². The molecule has 0 atom stereocenters. The van der Waals surface area contributed by atoms with Gasteiger partial charge in [-0.05, 0) is 36.9 Å². The van der Waals surface area contributed by atoms with E-state index in [1.54, 1.807) is 6.20 Å². The standard InChI is InChI=1S/C17H22N2O/c1-17(2,10-11-18)9-8-16(20)14-5-3-7-15-13(14)6-4-12-19-15/h3-7,12H,8-11,18H2,1-2H3. The molecule has 3 heteroatoms. The van der Waals surface area contributed by atoms with E-state index in [0.29, 0.717) is 13.0 Å². The summed E-state index contributed by atoms with van der Waals surface area (Å²) in [4.78, 5) is 16.7. The Morgan fingerprint density at radius 1 is 1.20 bits per heavy atom. The summed E-state index contributed by atoms with van der Waals surface area (Å²) in [5, 5.41) is 0.941. The first-order chi connectivity index (χ1) is 9.53. The number of carbonyl (C=O) groups is 1. The van der Waals surface area contributed by atoms with Crippen molar-refractivity contribution < 1.29 is 4.79 Å². The van der Waals surface area contributed by atoms with Crippen LogP contribution >= 0.6 is 0 Å². The first kappa shape index (κ1) is 14.7. The Balaban J connectivity index is 2.16. The molecule has 2 rings (SSSR count). The van der Waals surface area contributed by atoms with Crippen molar-refractivity contribution in [2.75, 3.05) is 6.54 Å². The van der Waals surface area contributed by atoms with Gasteiger partial charge in [0.15, 0.2) is 5.78 Å². The van der Waals surface area contributed by atoms with Crippen LogP contribution in [0.5, 0.6) is 0 Å². The predicted octanol–water partition coefficient (Wildman–Crippen LogP) is 3.57. The lowest BCUT2D eigenvalue weighted by molar-refractivity contribution is 0.0963. The highest BCUT2D eigenvalue weighted by atomic mass is 16.1. The molecule has 20 heavy (non-hydrogen) atoms. The van der Waals surface area contributed by atoms with Gasteiger partial charge in [0.2, 0.25) is 0 Å². The maximum atomic E-state index is 12.5. The van der Waals surface area contributed by atoms with Gasteiger partial charge in [-0.2, -0.15) is 0 Å². The minimum Gasteiger partial charge on any atom is -0.330 e. The topological polar surface area (TPSA) is 56.0 Å². The number of benzene rings is 1. The number of nitrogens with two attached hydrogens (primary N) is 1. The molecule has 0 saturated heterocycles. The van der Waals surface area contributed by atoms with Crippen LogP contribution in [-0.4, -0.2) is 17.3 Å². The number of pyridine rings is 1. The summed E-state index contributed by atoms with van der Waals surface area (Å²) in [6.07, 6.45) is 4.11. The van der Waals surface area contributed by atoms with Gasteiger partial charge in [0.05, 0.1) is 5.52 Å². The average molecular weight is 270 g/mol. The molecule has 3 nitrogen and oxygen atoms in total. The van der Waals surface area contributed by atoms with E-state index in [0.717, 1.165) is 29.3 Å². The van der Waals surface area contributed by atoms with E-state index in [-0.39, 0.29) is 11.2 Å². The molecule has 0 spiro atoms. The van der Waals surface area contributed by atoms with Crippen molar-refractivity contribution in [1.29, 1.82) is 0 Å². The van der Waals surface area contributed by atoms with Gasteiger partial charge in [-0.3, -0.25) is 9.78 Å². The van der Waals surface area contributed by atoms with Crippen LogP contribution in [0.15, 0.2) is 36.5 Å². The van der Waals surface area contributed by atoms with E-state index in [9.17, 15) is 4.79 Å². The highest BCUT2D eigenvalue weighted by Crippen LogP contribution is 2.27. The van der Waals surface area contributed by atoms with Crippen LogP contribution in [0.2, 0.25) is 0 Å². The Bertz CT molecular complexity index is 599. The zero-order chi connectivity index (χ0) is 14.6. The van der Waals surface area contributed by atoms with Gasteiger partial charge >= 0.3 is 0 Å². The molecule has 0 bridgehead atoms. The number of Topliss-reactive ketones (excluding diaryl/α,β-unsaturated/α-hetero) is 1. The third-order valence-corrected chi connectivity index (χ3v) is 3.80. The Morgan fingerprint density at radius 2 is 2.00 bits per heavy atom. The number of aromatic nitrogens is 1. The highest BCUT2D eigenvalue weighted by Gasteiger charge is 2.19. The molecule has 1 heterocycles. The van der Waals surface area contributed by atoms with Crippen LogP contribution in [0.25, 0.3) is 10.9 Å². The molecule has 2 N–H and O–H groups in total. The molecule has 106 valence electrons. The Morgan fingerprint density at radius 3 is 2.75 bits per heavy atom. The summed E-state index contributed by atoms with van der Waals surface area (Å²) in [6.45, 7) is 5.00. The summed E-state index contributed by atoms with van der Waals surface area (Å²) < 4.78 is 0. The van der Waals surface area contributed by atoms with Gasteiger partial charge in [-0.1, -0.05) is 32.0 Å². The van der Waals surface area contributed by atoms with Crippen molar-refractivity contribution in [3.63, 3.8) is 0 Å². The average Bonchev–Trinajstić information content (AvgIpc) is 2.44. The molecular weight excluding hydrogens is 248 g/mol. The van der Waals surface area contributed by atoms with Gasteiger partial charge < -0.3 is 5.73 Å². The van der Waals surface area contributed by atoms with Crippen molar-refractivity contribution in [2.45, 2.75) is 33.1 Å². The number of fused-ring (bicyclic) bond motifs is 1. The number of hydrogen-bond donors (Lipinski definition) is 1. The van der Waals surface area contributed by atoms with E-state index in [1.165, 1.54) is 0 Å². The zero-order valence-electron chi connectivity index (χ0n) is 12.2. The molecular formula is C17H22N2O. The number of nitrogens with zero attached hydrogens (tertiary/aromatic N) is 1. The van der Waals surface area contributed by atoms with Gasteiger partial charge in [0.25, 0.3) is 0 Å². The largest absolute Gasteiger partial charge is 0.330 e. The lowest BCUT2D eigenvalue weighted by atomic mass is 9.83. The summed E-state index contributed by atoms with van der Waals surface area (Å²) >= 11 is 0. The molecule has 0 saturated carbocycles. The van der Waals surface area contributed by atoms with Crippen LogP contribution < -0.4 is 5.73 Å². The lowest BCUT2D eigenvalue weighted by Gasteiger charge is -2.23. The van der Waals surface area contributed by atoms with E-state index >= 15 is 0 Å². The Labute approximate surface area is 120 Å². The molecule has 1 aromatic carbocycles. The van der Waals surface area contributed by atoms with Gasteiger partial charge in [0.1, 0.15) is 0 Å². The van der Waals surface area contributed by atoms with E-state index in [2.05, 4.69) is 18.8 Å². The SMILES string of the molecule is CC(C)(CCN)CCC(=O)c1cccc2ncccc12. The van der Waals surface area contributed by atoms with E-state index in [1.807, 2.05) is 30.3 Å². The van der Waals surface area contributed by atoms with Gasteiger partial charge in [0, 0.05) is 23.6 Å². The quantitative estimate of drug-likeness (QED) is 0.816. The third-order valence-electron chi connectivity index (χ3n) is 3.80. The molecule has 0 aliphatic rings. The molecule has 0 aliphatic carbocycles. The molecule has 0 aliphatic heterocycles. The van der Waals surface area contributed by atoms with Crippen LogP contribution in [-0.2, 0) is 0 Å². The van der Waals surface area contributed by atoms with Crippen molar-refractivity contribution in [2.24, 2.45) is 11.1 Å². The minimum atomic E-state index is 0.118. The molecule has 1 aromatic heterocycles. The number of rotatable bonds is 6. The minimum absolute atomic E-state index is 0.118. The summed E-state index contributed by atoms with van der Waals surface area (Å²) in [5.74, 6) is 0.189. The molecule has 0 radical (unpaired) electrons.